The quantitative estimate of drug-likeness (QED) is 0.886. The van der Waals surface area contributed by atoms with Gasteiger partial charge < -0.3 is 10.1 Å². The zero-order valence-electron chi connectivity index (χ0n) is 12.4. The van der Waals surface area contributed by atoms with Gasteiger partial charge in [-0.25, -0.2) is 0 Å². The van der Waals surface area contributed by atoms with Crippen LogP contribution in [-0.4, -0.2) is 23.2 Å². The van der Waals surface area contributed by atoms with Crippen LogP contribution in [0, 0.1) is 0 Å². The average Bonchev–Trinajstić information content (AvgIpc) is 2.94. The summed E-state index contributed by atoms with van der Waals surface area (Å²) in [6.45, 7) is 7.26. The Morgan fingerprint density at radius 1 is 1.30 bits per heavy atom. The Balaban J connectivity index is 2.48. The molecule has 0 spiro atoms. The van der Waals surface area contributed by atoms with Gasteiger partial charge in [-0.05, 0) is 30.1 Å². The van der Waals surface area contributed by atoms with E-state index in [0.717, 1.165) is 23.6 Å². The Morgan fingerprint density at radius 3 is 2.70 bits per heavy atom. The Labute approximate surface area is 124 Å². The molecule has 1 unspecified atom stereocenters. The van der Waals surface area contributed by atoms with Crippen LogP contribution in [0.2, 0.25) is 0 Å². The number of para-hydroxylation sites is 1. The van der Waals surface area contributed by atoms with Gasteiger partial charge in [-0.1, -0.05) is 43.5 Å². The number of hydrogen-bond donors (Lipinski definition) is 1. The third kappa shape index (κ3) is 2.99. The molecule has 4 nitrogen and oxygen atoms in total. The molecule has 0 radical (unpaired) electrons. The molecule has 0 fully saturated rings. The number of aromatic nitrogens is 2. The second-order valence-electron chi connectivity index (χ2n) is 4.91. The van der Waals surface area contributed by atoms with Crippen molar-refractivity contribution in [2.45, 2.75) is 32.7 Å². The van der Waals surface area contributed by atoms with Crippen molar-refractivity contribution in [1.29, 1.82) is 0 Å². The Bertz CT molecular complexity index is 554. The minimum absolute atomic E-state index is 0.0774. The average molecular weight is 291 g/mol. The summed E-state index contributed by atoms with van der Waals surface area (Å²) in [5, 5.41) is 7.81. The van der Waals surface area contributed by atoms with Gasteiger partial charge in [-0.2, -0.15) is 0 Å². The Kier molecular flexibility index (Phi) is 5.09. The molecule has 20 heavy (non-hydrogen) atoms. The van der Waals surface area contributed by atoms with E-state index in [4.69, 9.17) is 4.74 Å². The molecule has 108 valence electrons. The number of hydrogen-bond acceptors (Lipinski definition) is 5. The van der Waals surface area contributed by atoms with Crippen LogP contribution in [0.4, 0.5) is 0 Å². The Morgan fingerprint density at radius 2 is 2.05 bits per heavy atom. The first-order chi connectivity index (χ1) is 9.69. The largest absolute Gasteiger partial charge is 0.496 e. The van der Waals surface area contributed by atoms with E-state index in [1.54, 1.807) is 7.11 Å². The van der Waals surface area contributed by atoms with Gasteiger partial charge in [0.25, 0.3) is 0 Å². The fraction of sp³-hybridized carbons (Fsp3) is 0.467. The lowest BCUT2D eigenvalue weighted by molar-refractivity contribution is 0.404. The maximum absolute atomic E-state index is 5.49. The molecule has 0 aliphatic heterocycles. The second kappa shape index (κ2) is 6.81. The normalized spacial score (nSPS) is 12.7. The summed E-state index contributed by atoms with van der Waals surface area (Å²) in [7, 11) is 1.70. The van der Waals surface area contributed by atoms with Gasteiger partial charge in [0.15, 0.2) is 0 Å². The zero-order chi connectivity index (χ0) is 14.5. The van der Waals surface area contributed by atoms with Gasteiger partial charge >= 0.3 is 0 Å². The molecule has 0 aliphatic rings. The molecule has 2 rings (SSSR count). The van der Waals surface area contributed by atoms with E-state index in [1.807, 2.05) is 18.2 Å². The smallest absolute Gasteiger partial charge is 0.124 e. The van der Waals surface area contributed by atoms with Crippen LogP contribution in [0.15, 0.2) is 24.3 Å². The van der Waals surface area contributed by atoms with Crippen molar-refractivity contribution >= 4 is 11.5 Å². The molecule has 0 saturated heterocycles. The van der Waals surface area contributed by atoms with E-state index in [0.29, 0.717) is 5.92 Å². The lowest BCUT2D eigenvalue weighted by atomic mass is 9.99. The SMILES string of the molecule is CCNC(c1ccccc1OC)c1snnc1C(C)C. The van der Waals surface area contributed by atoms with Crippen LogP contribution in [0.25, 0.3) is 0 Å². The molecular weight excluding hydrogens is 270 g/mol. The summed E-state index contributed by atoms with van der Waals surface area (Å²) in [5.74, 6) is 1.25. The minimum Gasteiger partial charge on any atom is -0.496 e. The van der Waals surface area contributed by atoms with E-state index in [1.165, 1.54) is 16.4 Å². The van der Waals surface area contributed by atoms with Crippen LogP contribution >= 0.6 is 11.5 Å². The van der Waals surface area contributed by atoms with Crippen molar-refractivity contribution in [1.82, 2.24) is 14.9 Å². The molecule has 0 saturated carbocycles. The van der Waals surface area contributed by atoms with Crippen LogP contribution in [0.1, 0.15) is 48.9 Å². The predicted molar refractivity (Wildman–Crippen MR) is 82.5 cm³/mol. The first-order valence-corrected chi connectivity index (χ1v) is 7.64. The maximum atomic E-state index is 5.49. The van der Waals surface area contributed by atoms with Crippen molar-refractivity contribution in [2.75, 3.05) is 13.7 Å². The van der Waals surface area contributed by atoms with Crippen molar-refractivity contribution in [3.63, 3.8) is 0 Å². The third-order valence-corrected chi connectivity index (χ3v) is 4.01. The molecular formula is C15H21N3OS. The molecule has 5 heteroatoms. The Hall–Kier alpha value is -1.46. The van der Waals surface area contributed by atoms with Gasteiger partial charge in [0.2, 0.25) is 0 Å². The third-order valence-electron chi connectivity index (χ3n) is 3.21. The van der Waals surface area contributed by atoms with Gasteiger partial charge in [-0.3, -0.25) is 0 Å². The second-order valence-corrected chi connectivity index (χ2v) is 5.70. The first-order valence-electron chi connectivity index (χ1n) is 6.87. The van der Waals surface area contributed by atoms with E-state index in [-0.39, 0.29) is 6.04 Å². The van der Waals surface area contributed by atoms with E-state index < -0.39 is 0 Å². The van der Waals surface area contributed by atoms with Crippen LogP contribution in [-0.2, 0) is 0 Å². The van der Waals surface area contributed by atoms with Gasteiger partial charge in [0.1, 0.15) is 5.75 Å². The van der Waals surface area contributed by atoms with Crippen molar-refractivity contribution in [3.05, 3.63) is 40.4 Å². The molecule has 0 bridgehead atoms. The molecule has 1 atom stereocenters. The first kappa shape index (κ1) is 14.9. The summed E-state index contributed by atoms with van der Waals surface area (Å²) in [6, 6.07) is 8.18. The van der Waals surface area contributed by atoms with Gasteiger partial charge in [0, 0.05) is 5.56 Å². The van der Waals surface area contributed by atoms with Crippen LogP contribution in [0.3, 0.4) is 0 Å². The molecule has 1 heterocycles. The number of nitrogens with zero attached hydrogens (tertiary/aromatic N) is 2. The zero-order valence-corrected chi connectivity index (χ0v) is 13.2. The van der Waals surface area contributed by atoms with E-state index in [9.17, 15) is 0 Å². The molecule has 1 aromatic heterocycles. The number of rotatable bonds is 6. The molecule has 0 amide bonds. The predicted octanol–water partition coefficient (Wildman–Crippen LogP) is 3.37. The van der Waals surface area contributed by atoms with E-state index in [2.05, 4.69) is 41.7 Å². The number of methoxy groups -OCH3 is 1. The highest BCUT2D eigenvalue weighted by atomic mass is 32.1. The summed E-state index contributed by atoms with van der Waals surface area (Å²) in [4.78, 5) is 1.17. The summed E-state index contributed by atoms with van der Waals surface area (Å²) >= 11 is 1.46. The molecule has 1 N–H and O–H groups in total. The van der Waals surface area contributed by atoms with Crippen LogP contribution in [0.5, 0.6) is 5.75 Å². The van der Waals surface area contributed by atoms with Gasteiger partial charge in [0.05, 0.1) is 23.7 Å². The summed E-state index contributed by atoms with van der Waals surface area (Å²) in [5.41, 5.74) is 2.19. The van der Waals surface area contributed by atoms with Crippen LogP contribution < -0.4 is 10.1 Å². The number of nitrogens with one attached hydrogen (secondary N) is 1. The molecule has 2 aromatic rings. The highest BCUT2D eigenvalue weighted by molar-refractivity contribution is 7.05. The molecule has 0 aliphatic carbocycles. The number of benzene rings is 1. The van der Waals surface area contributed by atoms with Crippen molar-refractivity contribution in [2.24, 2.45) is 0 Å². The highest BCUT2D eigenvalue weighted by Gasteiger charge is 2.24. The molecule has 1 aromatic carbocycles. The monoisotopic (exact) mass is 291 g/mol. The maximum Gasteiger partial charge on any atom is 0.124 e. The van der Waals surface area contributed by atoms with E-state index >= 15 is 0 Å². The summed E-state index contributed by atoms with van der Waals surface area (Å²) in [6.07, 6.45) is 0. The van der Waals surface area contributed by atoms with Crippen molar-refractivity contribution < 1.29 is 4.74 Å². The van der Waals surface area contributed by atoms with Crippen molar-refractivity contribution in [3.8, 4) is 5.75 Å². The summed E-state index contributed by atoms with van der Waals surface area (Å²) < 4.78 is 9.63. The topological polar surface area (TPSA) is 47.0 Å². The number of ether oxygens (including phenoxy) is 1. The van der Waals surface area contributed by atoms with Gasteiger partial charge in [-0.15, -0.1) is 5.10 Å². The fourth-order valence-corrected chi connectivity index (χ4v) is 3.16. The standard InChI is InChI=1S/C15H21N3OS/c1-5-16-14(11-8-6-7-9-12(11)19-4)15-13(10(2)3)17-18-20-15/h6-10,14,16H,5H2,1-4H3. The lowest BCUT2D eigenvalue weighted by Gasteiger charge is -2.20. The highest BCUT2D eigenvalue weighted by Crippen LogP contribution is 2.34. The lowest BCUT2D eigenvalue weighted by Crippen LogP contribution is -2.23. The fourth-order valence-electron chi connectivity index (χ4n) is 2.26. The minimum atomic E-state index is 0.0774.